The number of hydrogen-bond acceptors (Lipinski definition) is 4. The number of ether oxygens (including phenoxy) is 1. The van der Waals surface area contributed by atoms with E-state index >= 15 is 0 Å². The Morgan fingerprint density at radius 1 is 1.32 bits per heavy atom. The van der Waals surface area contributed by atoms with Gasteiger partial charge in [-0.1, -0.05) is 0 Å². The summed E-state index contributed by atoms with van der Waals surface area (Å²) in [5.74, 6) is 0.191. The van der Waals surface area contributed by atoms with Crippen molar-refractivity contribution < 1.29 is 14.3 Å². The third kappa shape index (κ3) is 4.12. The largest absolute Gasteiger partial charge is 0.444 e. The molecule has 2 heterocycles. The Morgan fingerprint density at radius 2 is 1.95 bits per heavy atom. The molecule has 6 heteroatoms. The Bertz CT molecular complexity index is 417. The number of likely N-dealkylation sites (tertiary alicyclic amines) is 1. The summed E-state index contributed by atoms with van der Waals surface area (Å²) in [5.41, 5.74) is 4.62. The molecule has 1 unspecified atom stereocenters. The maximum Gasteiger partial charge on any atom is 0.410 e. The predicted molar refractivity (Wildman–Crippen MR) is 84.3 cm³/mol. The number of hydrogen-bond donors (Lipinski definition) is 2. The molecule has 2 amide bonds. The number of amides is 2. The Balaban J connectivity index is 1.84. The van der Waals surface area contributed by atoms with Crippen LogP contribution in [0, 0.1) is 5.92 Å². The van der Waals surface area contributed by atoms with Crippen LogP contribution in [-0.4, -0.2) is 47.7 Å². The van der Waals surface area contributed by atoms with Crippen molar-refractivity contribution in [1.29, 1.82) is 0 Å². The Labute approximate surface area is 132 Å². The number of rotatable bonds is 3. The maximum atomic E-state index is 12.1. The quantitative estimate of drug-likeness (QED) is 0.829. The average molecular weight is 311 g/mol. The third-order valence-electron chi connectivity index (χ3n) is 4.62. The van der Waals surface area contributed by atoms with E-state index in [2.05, 4.69) is 5.32 Å². The number of carbonyl (C=O) groups is 2. The van der Waals surface area contributed by atoms with Gasteiger partial charge in [0.15, 0.2) is 0 Å². The summed E-state index contributed by atoms with van der Waals surface area (Å²) >= 11 is 0. The minimum Gasteiger partial charge on any atom is -0.444 e. The molecular weight excluding hydrogens is 282 g/mol. The van der Waals surface area contributed by atoms with E-state index in [0.29, 0.717) is 19.0 Å². The minimum absolute atomic E-state index is 0.237. The van der Waals surface area contributed by atoms with E-state index in [4.69, 9.17) is 10.5 Å². The normalized spacial score (nSPS) is 27.0. The first kappa shape index (κ1) is 17.1. The molecule has 2 saturated heterocycles. The average Bonchev–Trinajstić information content (AvgIpc) is 2.87. The van der Waals surface area contributed by atoms with Crippen molar-refractivity contribution in [3.8, 4) is 0 Å². The molecular formula is C16H29N3O3. The van der Waals surface area contributed by atoms with Gasteiger partial charge in [0, 0.05) is 13.1 Å². The van der Waals surface area contributed by atoms with E-state index in [1.54, 1.807) is 4.90 Å². The van der Waals surface area contributed by atoms with Gasteiger partial charge < -0.3 is 20.7 Å². The molecule has 0 spiro atoms. The molecule has 126 valence electrons. The van der Waals surface area contributed by atoms with E-state index < -0.39 is 11.1 Å². The van der Waals surface area contributed by atoms with Crippen molar-refractivity contribution >= 4 is 12.0 Å². The molecule has 0 radical (unpaired) electrons. The fraction of sp³-hybridized carbons (Fsp3) is 0.875. The molecule has 1 atom stereocenters. The van der Waals surface area contributed by atoms with Gasteiger partial charge in [0.2, 0.25) is 5.91 Å². The summed E-state index contributed by atoms with van der Waals surface area (Å²) in [6.07, 6.45) is 4.17. The molecule has 0 saturated carbocycles. The Hall–Kier alpha value is -1.30. The summed E-state index contributed by atoms with van der Waals surface area (Å²) in [6, 6.07) is 0. The van der Waals surface area contributed by atoms with Crippen LogP contribution >= 0.6 is 0 Å². The highest BCUT2D eigenvalue weighted by molar-refractivity contribution is 5.85. The van der Waals surface area contributed by atoms with Crippen LogP contribution < -0.4 is 11.1 Å². The summed E-state index contributed by atoms with van der Waals surface area (Å²) in [7, 11) is 0. The second-order valence-electron chi connectivity index (χ2n) is 7.59. The number of nitrogens with one attached hydrogen (secondary N) is 1. The van der Waals surface area contributed by atoms with Crippen LogP contribution in [0.4, 0.5) is 4.79 Å². The zero-order chi connectivity index (χ0) is 16.4. The molecule has 0 aromatic rings. The van der Waals surface area contributed by atoms with Gasteiger partial charge in [0.05, 0.1) is 5.54 Å². The van der Waals surface area contributed by atoms with E-state index in [1.165, 1.54) is 0 Å². The maximum absolute atomic E-state index is 12.1. The smallest absolute Gasteiger partial charge is 0.410 e. The fourth-order valence-corrected chi connectivity index (χ4v) is 3.43. The molecule has 2 rings (SSSR count). The molecule has 2 fully saturated rings. The van der Waals surface area contributed by atoms with Gasteiger partial charge in [-0.3, -0.25) is 4.79 Å². The molecule has 0 aliphatic carbocycles. The lowest BCUT2D eigenvalue weighted by atomic mass is 9.81. The number of carbonyl (C=O) groups excluding carboxylic acids is 2. The molecule has 0 aromatic heterocycles. The molecule has 0 bridgehead atoms. The highest BCUT2D eigenvalue weighted by Crippen LogP contribution is 2.32. The third-order valence-corrected chi connectivity index (χ3v) is 4.62. The van der Waals surface area contributed by atoms with Crippen LogP contribution in [0.25, 0.3) is 0 Å². The molecule has 6 nitrogen and oxygen atoms in total. The first-order chi connectivity index (χ1) is 10.2. The van der Waals surface area contributed by atoms with E-state index in [0.717, 1.165) is 38.6 Å². The van der Waals surface area contributed by atoms with Gasteiger partial charge in [-0.2, -0.15) is 0 Å². The SMILES string of the molecule is CC(C)(C)OC(=O)N1CCC(CC2(C(N)=O)CCCN2)CC1. The zero-order valence-corrected chi connectivity index (χ0v) is 14.0. The number of primary amides is 1. The lowest BCUT2D eigenvalue weighted by Gasteiger charge is -2.37. The van der Waals surface area contributed by atoms with Crippen molar-refractivity contribution in [2.24, 2.45) is 11.7 Å². The standard InChI is InChI=1S/C16H29N3O3/c1-15(2,3)22-14(21)19-9-5-12(6-10-19)11-16(13(17)20)7-4-8-18-16/h12,18H,4-11H2,1-3H3,(H2,17,20). The second kappa shape index (κ2) is 6.44. The van der Waals surface area contributed by atoms with Crippen LogP contribution in [-0.2, 0) is 9.53 Å². The molecule has 0 aromatic carbocycles. The van der Waals surface area contributed by atoms with Crippen LogP contribution in [0.3, 0.4) is 0 Å². The first-order valence-electron chi connectivity index (χ1n) is 8.25. The highest BCUT2D eigenvalue weighted by atomic mass is 16.6. The first-order valence-corrected chi connectivity index (χ1v) is 8.25. The van der Waals surface area contributed by atoms with Gasteiger partial charge in [0.1, 0.15) is 5.60 Å². The van der Waals surface area contributed by atoms with E-state index in [1.807, 2.05) is 20.8 Å². The fourth-order valence-electron chi connectivity index (χ4n) is 3.43. The molecule has 3 N–H and O–H groups in total. The monoisotopic (exact) mass is 311 g/mol. The molecule has 22 heavy (non-hydrogen) atoms. The van der Waals surface area contributed by atoms with Gasteiger partial charge in [-0.15, -0.1) is 0 Å². The molecule has 2 aliphatic rings. The summed E-state index contributed by atoms with van der Waals surface area (Å²) in [4.78, 5) is 25.6. The number of nitrogens with zero attached hydrogens (tertiary/aromatic N) is 1. The van der Waals surface area contributed by atoms with Gasteiger partial charge >= 0.3 is 6.09 Å². The van der Waals surface area contributed by atoms with Crippen molar-refractivity contribution in [2.45, 2.75) is 64.0 Å². The lowest BCUT2D eigenvalue weighted by Crippen LogP contribution is -2.53. The number of nitrogens with two attached hydrogens (primary N) is 1. The minimum atomic E-state index is -0.529. The van der Waals surface area contributed by atoms with Crippen molar-refractivity contribution in [2.75, 3.05) is 19.6 Å². The molecule has 2 aliphatic heterocycles. The van der Waals surface area contributed by atoms with Crippen molar-refractivity contribution in [3.63, 3.8) is 0 Å². The highest BCUT2D eigenvalue weighted by Gasteiger charge is 2.41. The Morgan fingerprint density at radius 3 is 2.41 bits per heavy atom. The van der Waals surface area contributed by atoms with E-state index in [-0.39, 0.29) is 12.0 Å². The van der Waals surface area contributed by atoms with Crippen LogP contribution in [0.1, 0.15) is 52.9 Å². The summed E-state index contributed by atoms with van der Waals surface area (Å²) in [6.45, 7) is 7.86. The van der Waals surface area contributed by atoms with Gasteiger partial charge in [-0.25, -0.2) is 4.79 Å². The van der Waals surface area contributed by atoms with Crippen molar-refractivity contribution in [3.05, 3.63) is 0 Å². The summed E-state index contributed by atoms with van der Waals surface area (Å²) < 4.78 is 5.40. The van der Waals surface area contributed by atoms with E-state index in [9.17, 15) is 9.59 Å². The van der Waals surface area contributed by atoms with Gasteiger partial charge in [-0.05, 0) is 65.3 Å². The van der Waals surface area contributed by atoms with Crippen molar-refractivity contribution in [1.82, 2.24) is 10.2 Å². The predicted octanol–water partition coefficient (Wildman–Crippen LogP) is 1.63. The zero-order valence-electron chi connectivity index (χ0n) is 14.0. The van der Waals surface area contributed by atoms with Crippen LogP contribution in [0.15, 0.2) is 0 Å². The second-order valence-corrected chi connectivity index (χ2v) is 7.59. The summed E-state index contributed by atoms with van der Waals surface area (Å²) in [5, 5.41) is 3.30. The number of piperidine rings is 1. The topological polar surface area (TPSA) is 84.7 Å². The lowest BCUT2D eigenvalue weighted by molar-refractivity contribution is -0.124. The van der Waals surface area contributed by atoms with Crippen LogP contribution in [0.2, 0.25) is 0 Å². The van der Waals surface area contributed by atoms with Gasteiger partial charge in [0.25, 0.3) is 0 Å². The van der Waals surface area contributed by atoms with Crippen LogP contribution in [0.5, 0.6) is 0 Å². The Kier molecular flexibility index (Phi) is 5.00.